The summed E-state index contributed by atoms with van der Waals surface area (Å²) in [6, 6.07) is 5.93. The standard InChI is InChI=1S/C17H24O4/c1-4-6-9-21-15-8-7-12(10-16(15)19-3)13-11-14(13)17(18)20-5-2/h7-8,10,13-14H,4-6,9,11H2,1-3H3. The monoisotopic (exact) mass is 292 g/mol. The van der Waals surface area contributed by atoms with Crippen molar-refractivity contribution in [2.75, 3.05) is 20.3 Å². The summed E-state index contributed by atoms with van der Waals surface area (Å²) in [5.74, 6) is 1.66. The van der Waals surface area contributed by atoms with Crippen molar-refractivity contribution in [1.29, 1.82) is 0 Å². The highest BCUT2D eigenvalue weighted by atomic mass is 16.5. The Labute approximate surface area is 126 Å². The van der Waals surface area contributed by atoms with Crippen LogP contribution in [0, 0.1) is 5.92 Å². The first kappa shape index (κ1) is 15.7. The zero-order valence-electron chi connectivity index (χ0n) is 13.1. The van der Waals surface area contributed by atoms with E-state index in [0.29, 0.717) is 13.2 Å². The van der Waals surface area contributed by atoms with Crippen LogP contribution in [0.2, 0.25) is 0 Å². The van der Waals surface area contributed by atoms with Gasteiger partial charge in [-0.3, -0.25) is 4.79 Å². The molecule has 116 valence electrons. The molecule has 1 aromatic rings. The number of hydrogen-bond acceptors (Lipinski definition) is 4. The number of methoxy groups -OCH3 is 1. The van der Waals surface area contributed by atoms with Gasteiger partial charge in [-0.15, -0.1) is 0 Å². The third kappa shape index (κ3) is 3.90. The molecule has 4 heteroatoms. The smallest absolute Gasteiger partial charge is 0.309 e. The largest absolute Gasteiger partial charge is 0.493 e. The van der Waals surface area contributed by atoms with Crippen LogP contribution in [0.4, 0.5) is 0 Å². The van der Waals surface area contributed by atoms with Gasteiger partial charge in [0.05, 0.1) is 26.2 Å². The zero-order chi connectivity index (χ0) is 15.2. The van der Waals surface area contributed by atoms with Crippen LogP contribution in [-0.4, -0.2) is 26.3 Å². The SMILES string of the molecule is CCCCOc1ccc(C2CC2C(=O)OCC)cc1OC. The Morgan fingerprint density at radius 1 is 1.29 bits per heavy atom. The van der Waals surface area contributed by atoms with Gasteiger partial charge in [0, 0.05) is 0 Å². The first-order chi connectivity index (χ1) is 10.2. The number of rotatable bonds is 8. The molecule has 0 bridgehead atoms. The summed E-state index contributed by atoms with van der Waals surface area (Å²) >= 11 is 0. The van der Waals surface area contributed by atoms with Crippen molar-refractivity contribution < 1.29 is 19.0 Å². The van der Waals surface area contributed by atoms with Crippen molar-refractivity contribution in [3.05, 3.63) is 23.8 Å². The first-order valence-electron chi connectivity index (χ1n) is 7.68. The van der Waals surface area contributed by atoms with E-state index in [1.165, 1.54) is 0 Å². The number of esters is 1. The van der Waals surface area contributed by atoms with Crippen molar-refractivity contribution in [1.82, 2.24) is 0 Å². The zero-order valence-corrected chi connectivity index (χ0v) is 13.1. The maximum Gasteiger partial charge on any atom is 0.309 e. The molecule has 1 aliphatic rings. The van der Waals surface area contributed by atoms with Crippen molar-refractivity contribution >= 4 is 5.97 Å². The first-order valence-corrected chi connectivity index (χ1v) is 7.68. The van der Waals surface area contributed by atoms with E-state index in [2.05, 4.69) is 6.92 Å². The molecular weight excluding hydrogens is 268 g/mol. The van der Waals surface area contributed by atoms with Gasteiger partial charge in [-0.25, -0.2) is 0 Å². The van der Waals surface area contributed by atoms with Gasteiger partial charge < -0.3 is 14.2 Å². The lowest BCUT2D eigenvalue weighted by Gasteiger charge is -2.12. The minimum Gasteiger partial charge on any atom is -0.493 e. The van der Waals surface area contributed by atoms with Crippen LogP contribution in [-0.2, 0) is 9.53 Å². The molecule has 1 aliphatic carbocycles. The molecule has 0 spiro atoms. The number of hydrogen-bond donors (Lipinski definition) is 0. The topological polar surface area (TPSA) is 44.8 Å². The van der Waals surface area contributed by atoms with Crippen LogP contribution in [0.3, 0.4) is 0 Å². The predicted molar refractivity (Wildman–Crippen MR) is 80.9 cm³/mol. The number of ether oxygens (including phenoxy) is 3. The Kier molecular flexibility index (Phi) is 5.48. The van der Waals surface area contributed by atoms with Gasteiger partial charge >= 0.3 is 5.97 Å². The van der Waals surface area contributed by atoms with Crippen LogP contribution in [0.5, 0.6) is 11.5 Å². The molecule has 21 heavy (non-hydrogen) atoms. The molecule has 1 aromatic carbocycles. The van der Waals surface area contributed by atoms with E-state index in [1.54, 1.807) is 7.11 Å². The predicted octanol–water partition coefficient (Wildman–Crippen LogP) is 3.54. The lowest BCUT2D eigenvalue weighted by atomic mass is 10.1. The van der Waals surface area contributed by atoms with Crippen molar-refractivity contribution in [3.63, 3.8) is 0 Å². The summed E-state index contributed by atoms with van der Waals surface area (Å²) in [6.45, 7) is 5.10. The molecule has 2 atom stereocenters. The van der Waals surface area contributed by atoms with Crippen molar-refractivity contribution in [2.24, 2.45) is 5.92 Å². The number of benzene rings is 1. The molecule has 0 heterocycles. The van der Waals surface area contributed by atoms with Gasteiger partial charge in [-0.1, -0.05) is 19.4 Å². The molecule has 0 aliphatic heterocycles. The van der Waals surface area contributed by atoms with E-state index in [9.17, 15) is 4.79 Å². The Morgan fingerprint density at radius 3 is 2.76 bits per heavy atom. The van der Waals surface area contributed by atoms with E-state index in [4.69, 9.17) is 14.2 Å². The second kappa shape index (κ2) is 7.34. The molecular formula is C17H24O4. The molecule has 0 saturated heterocycles. The van der Waals surface area contributed by atoms with Crippen molar-refractivity contribution in [3.8, 4) is 11.5 Å². The highest BCUT2D eigenvalue weighted by Crippen LogP contribution is 2.49. The van der Waals surface area contributed by atoms with E-state index in [-0.39, 0.29) is 17.8 Å². The molecule has 0 aromatic heterocycles. The van der Waals surface area contributed by atoms with Gasteiger partial charge in [-0.2, -0.15) is 0 Å². The Hall–Kier alpha value is -1.71. The summed E-state index contributed by atoms with van der Waals surface area (Å²) in [5, 5.41) is 0. The van der Waals surface area contributed by atoms with Gasteiger partial charge in [0.25, 0.3) is 0 Å². The Balaban J connectivity index is 2.01. The molecule has 2 unspecified atom stereocenters. The number of carbonyl (C=O) groups is 1. The van der Waals surface area contributed by atoms with Crippen LogP contribution >= 0.6 is 0 Å². The average molecular weight is 292 g/mol. The highest BCUT2D eigenvalue weighted by molar-refractivity contribution is 5.77. The third-order valence-electron chi connectivity index (χ3n) is 3.75. The van der Waals surface area contributed by atoms with E-state index in [1.807, 2.05) is 25.1 Å². The molecule has 1 saturated carbocycles. The maximum absolute atomic E-state index is 11.7. The van der Waals surface area contributed by atoms with Crippen LogP contribution in [0.1, 0.15) is 44.6 Å². The molecule has 0 N–H and O–H groups in total. The number of carbonyl (C=O) groups excluding carboxylic acids is 1. The fourth-order valence-corrected chi connectivity index (χ4v) is 2.43. The fraction of sp³-hybridized carbons (Fsp3) is 0.588. The second-order valence-corrected chi connectivity index (χ2v) is 5.31. The van der Waals surface area contributed by atoms with Gasteiger partial charge in [0.1, 0.15) is 0 Å². The Bertz CT molecular complexity index is 484. The third-order valence-corrected chi connectivity index (χ3v) is 3.75. The lowest BCUT2D eigenvalue weighted by molar-refractivity contribution is -0.144. The fourth-order valence-electron chi connectivity index (χ4n) is 2.43. The van der Waals surface area contributed by atoms with E-state index < -0.39 is 0 Å². The lowest BCUT2D eigenvalue weighted by Crippen LogP contribution is -2.07. The second-order valence-electron chi connectivity index (χ2n) is 5.31. The van der Waals surface area contributed by atoms with Gasteiger partial charge in [-0.05, 0) is 43.4 Å². The molecule has 0 amide bonds. The summed E-state index contributed by atoms with van der Waals surface area (Å²) in [7, 11) is 1.64. The van der Waals surface area contributed by atoms with Crippen LogP contribution < -0.4 is 9.47 Å². The summed E-state index contributed by atoms with van der Waals surface area (Å²) in [4.78, 5) is 11.7. The molecule has 0 radical (unpaired) electrons. The average Bonchev–Trinajstić information content (AvgIpc) is 3.28. The Morgan fingerprint density at radius 2 is 2.10 bits per heavy atom. The molecule has 2 rings (SSSR count). The quantitative estimate of drug-likeness (QED) is 0.543. The van der Waals surface area contributed by atoms with Crippen LogP contribution in [0.15, 0.2) is 18.2 Å². The highest BCUT2D eigenvalue weighted by Gasteiger charge is 2.45. The minimum atomic E-state index is -0.0928. The van der Waals surface area contributed by atoms with E-state index >= 15 is 0 Å². The maximum atomic E-state index is 11.7. The van der Waals surface area contributed by atoms with Gasteiger partial charge in [0.2, 0.25) is 0 Å². The molecule has 1 fully saturated rings. The van der Waals surface area contributed by atoms with Gasteiger partial charge in [0.15, 0.2) is 11.5 Å². The summed E-state index contributed by atoms with van der Waals surface area (Å²) in [6.07, 6.45) is 2.99. The normalized spacial score (nSPS) is 20.0. The summed E-state index contributed by atoms with van der Waals surface area (Å²) in [5.41, 5.74) is 1.12. The number of unbranched alkanes of at least 4 members (excludes halogenated alkanes) is 1. The molecule has 4 nitrogen and oxygen atoms in total. The van der Waals surface area contributed by atoms with Crippen LogP contribution in [0.25, 0.3) is 0 Å². The minimum absolute atomic E-state index is 0.00140. The van der Waals surface area contributed by atoms with Crippen molar-refractivity contribution in [2.45, 2.75) is 39.0 Å². The summed E-state index contributed by atoms with van der Waals surface area (Å²) < 4.78 is 16.2. The van der Waals surface area contributed by atoms with E-state index in [0.717, 1.165) is 36.3 Å².